The van der Waals surface area contributed by atoms with Gasteiger partial charge in [0.1, 0.15) is 18.1 Å². The lowest BCUT2D eigenvalue weighted by molar-refractivity contribution is 0.240. The van der Waals surface area contributed by atoms with Gasteiger partial charge in [0.25, 0.3) is 0 Å². The molecule has 0 aromatic heterocycles. The van der Waals surface area contributed by atoms with Gasteiger partial charge in [-0.2, -0.15) is 8.42 Å². The zero-order chi connectivity index (χ0) is 18.4. The molecule has 0 amide bonds. The Hall–Kier alpha value is -2.20. The van der Waals surface area contributed by atoms with Gasteiger partial charge in [0, 0.05) is 11.1 Å². The summed E-state index contributed by atoms with van der Waals surface area (Å²) >= 11 is 0. The van der Waals surface area contributed by atoms with Crippen LogP contribution < -0.4 is 8.92 Å². The summed E-state index contributed by atoms with van der Waals surface area (Å²) in [6, 6.07) is 8.64. The number of hydrogen-bond acceptors (Lipinski definition) is 7. The quantitative estimate of drug-likeness (QED) is 0.599. The Balaban J connectivity index is 2.15. The van der Waals surface area contributed by atoms with Gasteiger partial charge in [0.2, 0.25) is 0 Å². The van der Waals surface area contributed by atoms with Crippen molar-refractivity contribution in [3.8, 4) is 11.5 Å². The van der Waals surface area contributed by atoms with Gasteiger partial charge in [-0.15, -0.1) is 0 Å². The predicted molar refractivity (Wildman–Crippen MR) is 85.6 cm³/mol. The highest BCUT2D eigenvalue weighted by atomic mass is 32.3. The summed E-state index contributed by atoms with van der Waals surface area (Å²) in [6.45, 7) is -0.852. The van der Waals surface area contributed by atoms with E-state index >= 15 is 0 Å². The Morgan fingerprint density at radius 3 is 1.88 bits per heavy atom. The normalized spacial score (nSPS) is 11.4. The average molecular weight is 372 g/mol. The molecule has 0 aliphatic heterocycles. The molecule has 0 aliphatic rings. The number of ether oxygens (including phenoxy) is 1. The first kappa shape index (κ1) is 19.1. The maximum Gasteiger partial charge on any atom is 0.488 e. The molecule has 0 aliphatic carbocycles. The Bertz CT molecular complexity index is 794. The third-order valence-electron chi connectivity index (χ3n) is 3.33. The molecule has 0 atom stereocenters. The summed E-state index contributed by atoms with van der Waals surface area (Å²) in [4.78, 5) is 0. The van der Waals surface area contributed by atoms with E-state index in [0.717, 1.165) is 0 Å². The molecule has 0 unspecified atom stereocenters. The number of hydrogen-bond donors (Lipinski definition) is 3. The molecule has 0 radical (unpaired) electrons. The summed E-state index contributed by atoms with van der Waals surface area (Å²) in [5, 5.41) is 28.1. The molecule has 0 heterocycles. The number of halogens is 1. The van der Waals surface area contributed by atoms with Crippen molar-refractivity contribution in [3.63, 3.8) is 0 Å². The molecule has 0 spiro atoms. The van der Waals surface area contributed by atoms with Crippen molar-refractivity contribution in [3.05, 3.63) is 58.7 Å². The lowest BCUT2D eigenvalue weighted by atomic mass is 10.0. The first-order chi connectivity index (χ1) is 11.9. The Morgan fingerprint density at radius 1 is 0.880 bits per heavy atom. The van der Waals surface area contributed by atoms with E-state index in [-0.39, 0.29) is 32.2 Å². The highest BCUT2D eigenvalue weighted by Gasteiger charge is 2.13. The van der Waals surface area contributed by atoms with Crippen molar-refractivity contribution in [2.45, 2.75) is 26.4 Å². The highest BCUT2D eigenvalue weighted by molar-refractivity contribution is 7.81. The Morgan fingerprint density at radius 2 is 1.44 bits per heavy atom. The smallest absolute Gasteiger partial charge is 0.488 e. The van der Waals surface area contributed by atoms with Crippen LogP contribution in [0.3, 0.4) is 0 Å². The molecule has 2 rings (SSSR count). The second-order valence-electron chi connectivity index (χ2n) is 5.13. The van der Waals surface area contributed by atoms with Crippen molar-refractivity contribution in [1.29, 1.82) is 0 Å². The second-order valence-corrected chi connectivity index (χ2v) is 6.08. The maximum atomic E-state index is 12.4. The summed E-state index contributed by atoms with van der Waals surface area (Å²) < 4.78 is 43.0. The van der Waals surface area contributed by atoms with Crippen LogP contribution in [0.5, 0.6) is 11.5 Å². The minimum Gasteiger partial charge on any atom is -0.488 e. The van der Waals surface area contributed by atoms with Gasteiger partial charge in [-0.1, -0.05) is 16.0 Å². The molecular weight excluding hydrogens is 355 g/mol. The Kier molecular flexibility index (Phi) is 6.32. The Labute approximate surface area is 144 Å². The van der Waals surface area contributed by atoms with Crippen LogP contribution in [0.2, 0.25) is 0 Å². The minimum atomic E-state index is -5.08. The summed E-state index contributed by atoms with van der Waals surface area (Å²) in [7, 11) is -5.08. The summed E-state index contributed by atoms with van der Waals surface area (Å²) in [6.07, 6.45) is 0. The number of aliphatic hydroxyl groups is 3. The van der Waals surface area contributed by atoms with Crippen LogP contribution in [0.15, 0.2) is 36.4 Å². The van der Waals surface area contributed by atoms with Crippen LogP contribution in [0.1, 0.15) is 22.3 Å². The van der Waals surface area contributed by atoms with E-state index in [4.69, 9.17) is 4.74 Å². The molecule has 7 nitrogen and oxygen atoms in total. The molecule has 0 saturated carbocycles. The number of aliphatic hydroxyl groups excluding tert-OH is 3. The van der Waals surface area contributed by atoms with Gasteiger partial charge in [-0.05, 0) is 35.4 Å². The van der Waals surface area contributed by atoms with Crippen LogP contribution in [0, 0.1) is 0 Å². The molecule has 2 aromatic rings. The van der Waals surface area contributed by atoms with Crippen molar-refractivity contribution in [2.75, 3.05) is 0 Å². The minimum absolute atomic E-state index is 0.0567. The fraction of sp³-hybridized carbons (Fsp3) is 0.250. The third kappa shape index (κ3) is 5.40. The molecule has 3 N–H and O–H groups in total. The average Bonchev–Trinajstić information content (AvgIpc) is 2.59. The molecule has 0 saturated heterocycles. The van der Waals surface area contributed by atoms with Crippen molar-refractivity contribution in [2.24, 2.45) is 0 Å². The van der Waals surface area contributed by atoms with E-state index in [1.165, 1.54) is 24.3 Å². The lowest BCUT2D eigenvalue weighted by Crippen LogP contribution is -2.05. The third-order valence-corrected chi connectivity index (χ3v) is 3.72. The molecule has 2 aromatic carbocycles. The molecule has 25 heavy (non-hydrogen) atoms. The number of rotatable bonds is 8. The van der Waals surface area contributed by atoms with Gasteiger partial charge in [0.05, 0.1) is 19.8 Å². The van der Waals surface area contributed by atoms with Crippen LogP contribution >= 0.6 is 0 Å². The summed E-state index contributed by atoms with van der Waals surface area (Å²) in [5.41, 5.74) is 2.00. The van der Waals surface area contributed by atoms with Crippen molar-refractivity contribution in [1.82, 2.24) is 0 Å². The van der Waals surface area contributed by atoms with E-state index in [1.54, 1.807) is 12.1 Å². The lowest BCUT2D eigenvalue weighted by Gasteiger charge is -2.16. The van der Waals surface area contributed by atoms with Crippen LogP contribution in [0.4, 0.5) is 3.89 Å². The SMILES string of the molecule is O=S(=O)(F)Oc1ccc(COc2c(CO)cc(CO)cc2CO)cc1. The van der Waals surface area contributed by atoms with Crippen molar-refractivity contribution < 1.29 is 36.5 Å². The van der Waals surface area contributed by atoms with Gasteiger partial charge in [-0.25, -0.2) is 0 Å². The highest BCUT2D eigenvalue weighted by Crippen LogP contribution is 2.28. The maximum absolute atomic E-state index is 12.4. The second kappa shape index (κ2) is 8.26. The molecule has 0 fully saturated rings. The fourth-order valence-corrected chi connectivity index (χ4v) is 2.59. The van der Waals surface area contributed by atoms with Crippen LogP contribution in [-0.4, -0.2) is 23.7 Å². The molecule has 136 valence electrons. The van der Waals surface area contributed by atoms with Gasteiger partial charge in [0.15, 0.2) is 0 Å². The molecular formula is C16H17FO7S. The van der Waals surface area contributed by atoms with Crippen LogP contribution in [0.25, 0.3) is 0 Å². The standard InChI is InChI=1S/C16H17FO7S/c17-25(21,22)24-15-3-1-11(2-4-15)10-23-16-13(8-19)5-12(7-18)6-14(16)9-20/h1-6,18-20H,7-10H2. The van der Waals surface area contributed by atoms with Crippen molar-refractivity contribution >= 4 is 10.5 Å². The van der Waals surface area contributed by atoms with Crippen LogP contribution in [-0.2, 0) is 36.9 Å². The van der Waals surface area contributed by atoms with E-state index < -0.39 is 10.5 Å². The summed E-state index contributed by atoms with van der Waals surface area (Å²) in [5.74, 6) is 0.125. The molecule has 9 heteroatoms. The van der Waals surface area contributed by atoms with E-state index in [0.29, 0.717) is 28.0 Å². The first-order valence-electron chi connectivity index (χ1n) is 7.19. The van der Waals surface area contributed by atoms with Gasteiger partial charge >= 0.3 is 10.5 Å². The molecule has 0 bridgehead atoms. The van der Waals surface area contributed by atoms with E-state index in [2.05, 4.69) is 4.18 Å². The zero-order valence-electron chi connectivity index (χ0n) is 13.1. The monoisotopic (exact) mass is 372 g/mol. The topological polar surface area (TPSA) is 113 Å². The van der Waals surface area contributed by atoms with Gasteiger partial charge < -0.3 is 24.2 Å². The van der Waals surface area contributed by atoms with Gasteiger partial charge in [-0.3, -0.25) is 0 Å². The fourth-order valence-electron chi connectivity index (χ4n) is 2.25. The largest absolute Gasteiger partial charge is 0.488 e. The number of benzene rings is 2. The first-order valence-corrected chi connectivity index (χ1v) is 8.50. The predicted octanol–water partition coefficient (Wildman–Crippen LogP) is 1.34. The zero-order valence-corrected chi connectivity index (χ0v) is 13.9. The van der Waals surface area contributed by atoms with E-state index in [1.807, 2.05) is 0 Å². The van der Waals surface area contributed by atoms with E-state index in [9.17, 15) is 27.6 Å².